The van der Waals surface area contributed by atoms with Crippen molar-refractivity contribution >= 4 is 27.3 Å². The monoisotopic (exact) mass is 299 g/mol. The van der Waals surface area contributed by atoms with Crippen LogP contribution < -0.4 is 5.73 Å². The molecule has 0 aliphatic heterocycles. The van der Waals surface area contributed by atoms with Crippen molar-refractivity contribution in [3.63, 3.8) is 0 Å². The lowest BCUT2D eigenvalue weighted by atomic mass is 10.1. The van der Waals surface area contributed by atoms with Gasteiger partial charge in [-0.2, -0.15) is 0 Å². The van der Waals surface area contributed by atoms with E-state index in [0.717, 1.165) is 27.3 Å². The molecule has 0 bridgehead atoms. The van der Waals surface area contributed by atoms with Crippen molar-refractivity contribution in [3.05, 3.63) is 43.9 Å². The quantitative estimate of drug-likeness (QED) is 0.929. The van der Waals surface area contributed by atoms with Crippen LogP contribution in [0.25, 0.3) is 0 Å². The van der Waals surface area contributed by atoms with Gasteiger partial charge < -0.3 is 10.2 Å². The zero-order valence-electron chi connectivity index (χ0n) is 9.29. The number of nitrogens with two attached hydrogens (primary N) is 1. The summed E-state index contributed by atoms with van der Waals surface area (Å²) in [5.41, 5.74) is 7.32. The highest BCUT2D eigenvalue weighted by Crippen LogP contribution is 2.32. The van der Waals surface area contributed by atoms with Gasteiger partial charge in [0.25, 0.3) is 0 Å². The molecule has 0 saturated heterocycles. The van der Waals surface area contributed by atoms with Crippen LogP contribution in [0.5, 0.6) is 0 Å². The van der Waals surface area contributed by atoms with Crippen LogP contribution in [0.2, 0.25) is 0 Å². The second-order valence-corrected chi connectivity index (χ2v) is 6.33. The molecule has 0 amide bonds. The smallest absolute Gasteiger partial charge is 0.125 e. The molecule has 1 atom stereocenters. The van der Waals surface area contributed by atoms with E-state index in [1.54, 1.807) is 11.3 Å². The van der Waals surface area contributed by atoms with E-state index in [-0.39, 0.29) is 6.04 Å². The minimum absolute atomic E-state index is 0.164. The molecular weight excluding hydrogens is 286 g/mol. The Morgan fingerprint density at radius 1 is 1.50 bits per heavy atom. The number of rotatable bonds is 3. The Labute approximate surface area is 108 Å². The first kappa shape index (κ1) is 11.9. The molecule has 0 aliphatic carbocycles. The molecule has 0 aromatic carbocycles. The number of halogens is 1. The maximum absolute atomic E-state index is 6.19. The summed E-state index contributed by atoms with van der Waals surface area (Å²) >= 11 is 5.17. The first-order chi connectivity index (χ1) is 7.61. The number of thiophene rings is 1. The van der Waals surface area contributed by atoms with Crippen molar-refractivity contribution in [1.82, 2.24) is 0 Å². The van der Waals surface area contributed by atoms with E-state index in [9.17, 15) is 0 Å². The van der Waals surface area contributed by atoms with Crippen LogP contribution in [0, 0.1) is 6.92 Å². The second-order valence-electron chi connectivity index (χ2n) is 3.70. The van der Waals surface area contributed by atoms with Crippen LogP contribution >= 0.6 is 27.3 Å². The van der Waals surface area contributed by atoms with Gasteiger partial charge in [0.1, 0.15) is 11.5 Å². The molecule has 0 spiro atoms. The van der Waals surface area contributed by atoms with E-state index >= 15 is 0 Å². The first-order valence-corrected chi connectivity index (χ1v) is 6.82. The van der Waals surface area contributed by atoms with E-state index < -0.39 is 0 Å². The molecule has 2 nitrogen and oxygen atoms in total. The van der Waals surface area contributed by atoms with Gasteiger partial charge in [-0.1, -0.05) is 6.92 Å². The molecule has 0 radical (unpaired) electrons. The van der Waals surface area contributed by atoms with Crippen LogP contribution in [-0.4, -0.2) is 0 Å². The lowest BCUT2D eigenvalue weighted by molar-refractivity contribution is 0.454. The fourth-order valence-electron chi connectivity index (χ4n) is 1.67. The molecule has 2 aromatic heterocycles. The predicted molar refractivity (Wildman–Crippen MR) is 70.9 cm³/mol. The number of hydrogen-bond acceptors (Lipinski definition) is 3. The van der Waals surface area contributed by atoms with E-state index in [2.05, 4.69) is 35.8 Å². The summed E-state index contributed by atoms with van der Waals surface area (Å²) in [6.07, 6.45) is 0.902. The SMILES string of the molecule is CCc1ccc(C(N)c2cc(Br)sc2C)o1. The Kier molecular flexibility index (Phi) is 3.52. The summed E-state index contributed by atoms with van der Waals surface area (Å²) in [5.74, 6) is 1.82. The fourth-order valence-corrected chi connectivity index (χ4v) is 3.43. The van der Waals surface area contributed by atoms with Crippen molar-refractivity contribution in [2.24, 2.45) is 5.73 Å². The van der Waals surface area contributed by atoms with Crippen molar-refractivity contribution < 1.29 is 4.42 Å². The molecule has 4 heteroatoms. The molecule has 0 saturated carbocycles. The third kappa shape index (κ3) is 2.24. The molecule has 86 valence electrons. The Hall–Kier alpha value is -0.580. The van der Waals surface area contributed by atoms with Gasteiger partial charge in [-0.05, 0) is 46.6 Å². The predicted octanol–water partition coefficient (Wildman–Crippen LogP) is 4.02. The van der Waals surface area contributed by atoms with Gasteiger partial charge in [0.2, 0.25) is 0 Å². The van der Waals surface area contributed by atoms with Crippen molar-refractivity contribution in [1.29, 1.82) is 0 Å². The Bertz CT molecular complexity index is 489. The summed E-state index contributed by atoms with van der Waals surface area (Å²) in [6, 6.07) is 5.86. The fraction of sp³-hybridized carbons (Fsp3) is 0.333. The number of aryl methyl sites for hydroxylation is 2. The Morgan fingerprint density at radius 2 is 2.25 bits per heavy atom. The molecule has 0 aliphatic rings. The molecule has 16 heavy (non-hydrogen) atoms. The Morgan fingerprint density at radius 3 is 2.75 bits per heavy atom. The molecule has 2 heterocycles. The lowest BCUT2D eigenvalue weighted by Gasteiger charge is -2.07. The summed E-state index contributed by atoms with van der Waals surface area (Å²) in [5, 5.41) is 0. The minimum Gasteiger partial charge on any atom is -0.464 e. The molecule has 2 N–H and O–H groups in total. The molecule has 2 rings (SSSR count). The number of furan rings is 1. The van der Waals surface area contributed by atoms with E-state index in [0.29, 0.717) is 0 Å². The van der Waals surface area contributed by atoms with Gasteiger partial charge in [0.15, 0.2) is 0 Å². The van der Waals surface area contributed by atoms with Crippen molar-refractivity contribution in [3.8, 4) is 0 Å². The average Bonchev–Trinajstić information content (AvgIpc) is 2.84. The Balaban J connectivity index is 2.31. The van der Waals surface area contributed by atoms with Gasteiger partial charge in [-0.15, -0.1) is 11.3 Å². The lowest BCUT2D eigenvalue weighted by Crippen LogP contribution is -2.10. The standard InChI is InChI=1S/C12H14BrNOS/c1-3-8-4-5-10(15-8)12(14)9-6-11(13)16-7(9)2/h4-6,12H,3,14H2,1-2H3. The third-order valence-electron chi connectivity index (χ3n) is 2.60. The van der Waals surface area contributed by atoms with Crippen LogP contribution in [-0.2, 0) is 6.42 Å². The van der Waals surface area contributed by atoms with Gasteiger partial charge in [0.05, 0.1) is 9.83 Å². The highest BCUT2D eigenvalue weighted by Gasteiger charge is 2.17. The maximum Gasteiger partial charge on any atom is 0.125 e. The van der Waals surface area contributed by atoms with Crippen molar-refractivity contribution in [2.45, 2.75) is 26.3 Å². The maximum atomic E-state index is 6.19. The van der Waals surface area contributed by atoms with Crippen LogP contribution in [0.15, 0.2) is 26.4 Å². The average molecular weight is 300 g/mol. The zero-order chi connectivity index (χ0) is 11.7. The van der Waals surface area contributed by atoms with Gasteiger partial charge in [-0.25, -0.2) is 0 Å². The van der Waals surface area contributed by atoms with Crippen molar-refractivity contribution in [2.75, 3.05) is 0 Å². The summed E-state index contributed by atoms with van der Waals surface area (Å²) in [6.45, 7) is 4.15. The molecule has 1 unspecified atom stereocenters. The summed E-state index contributed by atoms with van der Waals surface area (Å²) in [4.78, 5) is 1.23. The van der Waals surface area contributed by atoms with Gasteiger partial charge in [-0.3, -0.25) is 0 Å². The van der Waals surface area contributed by atoms with E-state index in [1.807, 2.05) is 12.1 Å². The topological polar surface area (TPSA) is 39.2 Å². The van der Waals surface area contributed by atoms with Gasteiger partial charge >= 0.3 is 0 Å². The molecular formula is C12H14BrNOS. The zero-order valence-corrected chi connectivity index (χ0v) is 11.7. The van der Waals surface area contributed by atoms with Crippen LogP contribution in [0.1, 0.15) is 34.9 Å². The highest BCUT2D eigenvalue weighted by atomic mass is 79.9. The first-order valence-electron chi connectivity index (χ1n) is 5.21. The van der Waals surface area contributed by atoms with Gasteiger partial charge in [0, 0.05) is 11.3 Å². The molecule has 0 fully saturated rings. The van der Waals surface area contributed by atoms with E-state index in [1.165, 1.54) is 4.88 Å². The molecule has 2 aromatic rings. The van der Waals surface area contributed by atoms with Crippen LogP contribution in [0.4, 0.5) is 0 Å². The summed E-state index contributed by atoms with van der Waals surface area (Å²) in [7, 11) is 0. The number of hydrogen-bond donors (Lipinski definition) is 1. The highest BCUT2D eigenvalue weighted by molar-refractivity contribution is 9.11. The minimum atomic E-state index is -0.164. The normalized spacial score (nSPS) is 13.0. The third-order valence-corrected chi connectivity index (χ3v) is 4.17. The largest absolute Gasteiger partial charge is 0.464 e. The summed E-state index contributed by atoms with van der Waals surface area (Å²) < 4.78 is 6.79. The van der Waals surface area contributed by atoms with Crippen LogP contribution in [0.3, 0.4) is 0 Å². The second kappa shape index (κ2) is 4.73. The van der Waals surface area contributed by atoms with E-state index in [4.69, 9.17) is 10.2 Å².